The van der Waals surface area contributed by atoms with E-state index >= 15 is 0 Å². The van der Waals surface area contributed by atoms with Crippen LogP contribution in [0.5, 0.6) is 0 Å². The molecule has 18 heavy (non-hydrogen) atoms. The molecule has 0 saturated carbocycles. The molecule has 0 spiro atoms. The second-order valence-corrected chi connectivity index (χ2v) is 6.90. The lowest BCUT2D eigenvalue weighted by atomic mass is 10.1. The molecule has 2 aliphatic heterocycles. The number of aromatic nitrogens is 2. The van der Waals surface area contributed by atoms with Crippen molar-refractivity contribution >= 4 is 9.84 Å². The van der Waals surface area contributed by atoms with Crippen LogP contribution >= 0.6 is 0 Å². The molecule has 3 rings (SSSR count). The quantitative estimate of drug-likeness (QED) is 0.785. The highest BCUT2D eigenvalue weighted by Gasteiger charge is 2.33. The van der Waals surface area contributed by atoms with Gasteiger partial charge in [0.1, 0.15) is 6.04 Å². The summed E-state index contributed by atoms with van der Waals surface area (Å²) in [5, 5.41) is 7.11. The Balaban J connectivity index is 1.73. The lowest BCUT2D eigenvalue weighted by Crippen LogP contribution is -2.34. The molecule has 2 atom stereocenters. The minimum atomic E-state index is -2.92. The number of rotatable bonds is 2. The largest absolute Gasteiger partial charge is 0.378 e. The molecule has 2 aliphatic rings. The fourth-order valence-electron chi connectivity index (χ4n) is 2.28. The first-order chi connectivity index (χ1) is 8.64. The van der Waals surface area contributed by atoms with E-state index in [1.165, 1.54) is 0 Å². The molecule has 1 aromatic rings. The van der Waals surface area contributed by atoms with Crippen LogP contribution in [0.2, 0.25) is 0 Å². The van der Waals surface area contributed by atoms with Gasteiger partial charge in [0.15, 0.2) is 15.7 Å². The zero-order valence-electron chi connectivity index (χ0n) is 9.83. The number of morpholine rings is 1. The summed E-state index contributed by atoms with van der Waals surface area (Å²) in [5.74, 6) is 1.19. The van der Waals surface area contributed by atoms with E-state index in [1.807, 2.05) is 0 Å². The average Bonchev–Trinajstić information content (AvgIpc) is 2.96. The maximum absolute atomic E-state index is 11.4. The van der Waals surface area contributed by atoms with Crippen LogP contribution in [-0.2, 0) is 14.6 Å². The van der Waals surface area contributed by atoms with Gasteiger partial charge in [0.05, 0.1) is 24.7 Å². The lowest BCUT2D eigenvalue weighted by molar-refractivity contribution is 0.0659. The predicted octanol–water partition coefficient (Wildman–Crippen LogP) is -0.367. The molecule has 2 unspecified atom stereocenters. The summed E-state index contributed by atoms with van der Waals surface area (Å²) < 4.78 is 33.3. The van der Waals surface area contributed by atoms with Crippen molar-refractivity contribution in [1.82, 2.24) is 15.5 Å². The SMILES string of the molecule is O=S1(=O)CCC(c2noc(C3COCCN3)n2)C1. The van der Waals surface area contributed by atoms with Crippen LogP contribution in [0.1, 0.15) is 30.1 Å². The third kappa shape index (κ3) is 2.40. The Morgan fingerprint density at radius 2 is 2.28 bits per heavy atom. The molecule has 0 radical (unpaired) electrons. The standard InChI is InChI=1S/C10H15N3O4S/c14-18(15)4-1-7(6-18)9-12-10(17-13-9)8-5-16-3-2-11-8/h7-8,11H,1-6H2. The molecule has 3 heterocycles. The van der Waals surface area contributed by atoms with E-state index in [0.717, 1.165) is 6.54 Å². The van der Waals surface area contributed by atoms with Gasteiger partial charge in [-0.1, -0.05) is 5.16 Å². The monoisotopic (exact) mass is 273 g/mol. The molecular formula is C10H15N3O4S. The number of hydrogen-bond acceptors (Lipinski definition) is 7. The first kappa shape index (κ1) is 12.1. The molecule has 0 bridgehead atoms. The lowest BCUT2D eigenvalue weighted by Gasteiger charge is -2.20. The maximum atomic E-state index is 11.4. The van der Waals surface area contributed by atoms with Gasteiger partial charge in [0, 0.05) is 12.5 Å². The van der Waals surface area contributed by atoms with Crippen LogP contribution in [0.3, 0.4) is 0 Å². The van der Waals surface area contributed by atoms with Crippen LogP contribution in [0.4, 0.5) is 0 Å². The fraction of sp³-hybridized carbons (Fsp3) is 0.800. The van der Waals surface area contributed by atoms with E-state index < -0.39 is 9.84 Å². The Morgan fingerprint density at radius 1 is 1.39 bits per heavy atom. The van der Waals surface area contributed by atoms with E-state index in [-0.39, 0.29) is 23.5 Å². The minimum absolute atomic E-state index is 0.0852. The van der Waals surface area contributed by atoms with Crippen molar-refractivity contribution in [3.8, 4) is 0 Å². The molecule has 8 heteroatoms. The van der Waals surface area contributed by atoms with Crippen molar-refractivity contribution in [2.24, 2.45) is 0 Å². The predicted molar refractivity (Wildman–Crippen MR) is 61.9 cm³/mol. The van der Waals surface area contributed by atoms with Gasteiger partial charge >= 0.3 is 0 Å². The van der Waals surface area contributed by atoms with Gasteiger partial charge in [0.25, 0.3) is 0 Å². The molecule has 100 valence electrons. The van der Waals surface area contributed by atoms with Crippen molar-refractivity contribution in [3.05, 3.63) is 11.7 Å². The topological polar surface area (TPSA) is 94.3 Å². The number of sulfone groups is 1. The fourth-order valence-corrected chi connectivity index (χ4v) is 4.02. The van der Waals surface area contributed by atoms with Gasteiger partial charge in [0.2, 0.25) is 5.89 Å². The Morgan fingerprint density at radius 3 is 2.94 bits per heavy atom. The molecular weight excluding hydrogens is 258 g/mol. The Bertz CT molecular complexity index is 521. The highest BCUT2D eigenvalue weighted by atomic mass is 32.2. The van der Waals surface area contributed by atoms with Gasteiger partial charge in [-0.25, -0.2) is 8.42 Å². The summed E-state index contributed by atoms with van der Waals surface area (Å²) in [6.07, 6.45) is 0.579. The number of hydrogen-bond donors (Lipinski definition) is 1. The molecule has 0 amide bonds. The molecule has 1 N–H and O–H groups in total. The summed E-state index contributed by atoms with van der Waals surface area (Å²) in [7, 11) is -2.92. The summed E-state index contributed by atoms with van der Waals surface area (Å²) in [6, 6.07) is -0.0852. The van der Waals surface area contributed by atoms with Crippen LogP contribution < -0.4 is 5.32 Å². The summed E-state index contributed by atoms with van der Waals surface area (Å²) in [4.78, 5) is 4.30. The van der Waals surface area contributed by atoms with Gasteiger partial charge in [-0.15, -0.1) is 0 Å². The highest BCUT2D eigenvalue weighted by Crippen LogP contribution is 2.27. The number of nitrogens with one attached hydrogen (secondary N) is 1. The normalized spacial score (nSPS) is 31.6. The zero-order chi connectivity index (χ0) is 12.6. The van der Waals surface area contributed by atoms with Crippen LogP contribution in [-0.4, -0.2) is 49.8 Å². The van der Waals surface area contributed by atoms with Gasteiger partial charge in [-0.05, 0) is 6.42 Å². The van der Waals surface area contributed by atoms with E-state index in [9.17, 15) is 8.42 Å². The molecule has 2 fully saturated rings. The van der Waals surface area contributed by atoms with Gasteiger partial charge < -0.3 is 14.6 Å². The average molecular weight is 273 g/mol. The second kappa shape index (κ2) is 4.60. The van der Waals surface area contributed by atoms with E-state index in [0.29, 0.717) is 31.3 Å². The smallest absolute Gasteiger partial charge is 0.246 e. The van der Waals surface area contributed by atoms with Crippen molar-refractivity contribution in [3.63, 3.8) is 0 Å². The highest BCUT2D eigenvalue weighted by molar-refractivity contribution is 7.91. The van der Waals surface area contributed by atoms with Crippen molar-refractivity contribution < 1.29 is 17.7 Å². The van der Waals surface area contributed by atoms with Crippen LogP contribution in [0.25, 0.3) is 0 Å². The number of ether oxygens (including phenoxy) is 1. The van der Waals surface area contributed by atoms with Crippen molar-refractivity contribution in [2.45, 2.75) is 18.4 Å². The Labute approximate surface area is 105 Å². The van der Waals surface area contributed by atoms with Crippen LogP contribution in [0, 0.1) is 0 Å². The Kier molecular flexibility index (Phi) is 3.08. The first-order valence-corrected chi connectivity index (χ1v) is 7.81. The summed E-state index contributed by atoms with van der Waals surface area (Å²) in [6.45, 7) is 1.93. The number of nitrogens with zero attached hydrogens (tertiary/aromatic N) is 2. The summed E-state index contributed by atoms with van der Waals surface area (Å²) in [5.41, 5.74) is 0. The van der Waals surface area contributed by atoms with Gasteiger partial charge in [-0.2, -0.15) is 4.98 Å². The van der Waals surface area contributed by atoms with Crippen LogP contribution in [0.15, 0.2) is 4.52 Å². The summed E-state index contributed by atoms with van der Waals surface area (Å²) >= 11 is 0. The first-order valence-electron chi connectivity index (χ1n) is 5.99. The van der Waals surface area contributed by atoms with E-state index in [1.54, 1.807) is 0 Å². The second-order valence-electron chi connectivity index (χ2n) is 4.67. The maximum Gasteiger partial charge on any atom is 0.246 e. The zero-order valence-corrected chi connectivity index (χ0v) is 10.6. The Hall–Kier alpha value is -0.990. The van der Waals surface area contributed by atoms with Crippen molar-refractivity contribution in [1.29, 1.82) is 0 Å². The van der Waals surface area contributed by atoms with E-state index in [4.69, 9.17) is 9.26 Å². The third-order valence-electron chi connectivity index (χ3n) is 3.27. The molecule has 7 nitrogen and oxygen atoms in total. The molecule has 2 saturated heterocycles. The van der Waals surface area contributed by atoms with Gasteiger partial charge in [-0.3, -0.25) is 0 Å². The minimum Gasteiger partial charge on any atom is -0.378 e. The molecule has 0 aliphatic carbocycles. The van der Waals surface area contributed by atoms with Crippen molar-refractivity contribution in [2.75, 3.05) is 31.3 Å². The third-order valence-corrected chi connectivity index (χ3v) is 5.04. The molecule has 1 aromatic heterocycles. The van der Waals surface area contributed by atoms with E-state index in [2.05, 4.69) is 15.5 Å². The molecule has 0 aromatic carbocycles.